The third-order valence-corrected chi connectivity index (χ3v) is 15.1. The first-order valence-corrected chi connectivity index (χ1v) is 30.6. The molecule has 5 N–H and O–H groups in total. The number of benzene rings is 1. The van der Waals surface area contributed by atoms with E-state index >= 15 is 0 Å². The molecular weight excluding hydrogens is 1560 g/mol. The first-order chi connectivity index (χ1) is 47.4. The molecule has 0 bridgehead atoms. The van der Waals surface area contributed by atoms with Crippen molar-refractivity contribution < 1.29 is 204 Å². The summed E-state index contributed by atoms with van der Waals surface area (Å²) in [6.45, 7) is -1.23. The Morgan fingerprint density at radius 3 is 0.906 bits per heavy atom. The van der Waals surface area contributed by atoms with Crippen LogP contribution in [0.1, 0.15) is 160 Å². The lowest BCUT2D eigenvalue weighted by atomic mass is 9.74. The van der Waals surface area contributed by atoms with Gasteiger partial charge in [-0.1, -0.05) is 88.1 Å². The van der Waals surface area contributed by atoms with Crippen LogP contribution in [-0.2, 0) is 38.9 Å². The van der Waals surface area contributed by atoms with Crippen molar-refractivity contribution in [2.75, 3.05) is 41.3 Å². The van der Waals surface area contributed by atoms with Crippen LogP contribution < -0.4 is 0 Å². The molecule has 626 valence electrons. The second-order valence-electron chi connectivity index (χ2n) is 23.1. The molecule has 0 aromatic heterocycles. The van der Waals surface area contributed by atoms with Gasteiger partial charge in [0.25, 0.3) is 10.8 Å². The monoisotopic (exact) mass is 1630 g/mol. The van der Waals surface area contributed by atoms with Crippen LogP contribution >= 0.6 is 0 Å². The van der Waals surface area contributed by atoms with Crippen molar-refractivity contribution in [3.8, 4) is 0 Å². The number of halogens is 33. The lowest BCUT2D eigenvalue weighted by molar-refractivity contribution is -0.450. The Hall–Kier alpha value is -6.39. The van der Waals surface area contributed by atoms with Crippen molar-refractivity contribution in [3.05, 3.63) is 35.9 Å². The van der Waals surface area contributed by atoms with Gasteiger partial charge in [-0.3, -0.25) is 28.8 Å². The van der Waals surface area contributed by atoms with Gasteiger partial charge in [0.05, 0.1) is 6.10 Å². The molecule has 0 saturated heterocycles. The zero-order valence-corrected chi connectivity index (χ0v) is 55.8. The summed E-state index contributed by atoms with van der Waals surface area (Å²) in [5.41, 5.74) is -16.7. The number of amides is 1. The third-order valence-electron chi connectivity index (χ3n) is 15.1. The van der Waals surface area contributed by atoms with E-state index in [9.17, 15) is 174 Å². The van der Waals surface area contributed by atoms with Crippen LogP contribution in [0.2, 0.25) is 0 Å². The van der Waals surface area contributed by atoms with Gasteiger partial charge in [0.15, 0.2) is 5.41 Å². The van der Waals surface area contributed by atoms with E-state index < -0.39 is 188 Å². The zero-order valence-electron chi connectivity index (χ0n) is 55.8. The number of carboxylic acid groups (broad SMARTS) is 5. The highest BCUT2D eigenvalue weighted by Gasteiger charge is 2.88. The Morgan fingerprint density at radius 1 is 0.358 bits per heavy atom. The molecule has 1 aromatic rings. The number of alkyl halides is 33. The first kappa shape index (κ1) is 106. The minimum atomic E-state index is -6.68. The smallest absolute Gasteiger partial charge is 0.471 e. The van der Waals surface area contributed by atoms with Crippen molar-refractivity contribution in [2.24, 2.45) is 10.8 Å². The van der Waals surface area contributed by atoms with Crippen LogP contribution in [0.5, 0.6) is 0 Å². The van der Waals surface area contributed by atoms with Crippen LogP contribution in [-0.4, -0.2) is 198 Å². The number of carbonyl (C=O) groups is 6. The Labute approximate surface area is 581 Å². The molecule has 0 heterocycles. The molecule has 2 unspecified atom stereocenters. The average Bonchev–Trinajstić information content (AvgIpc) is 0.720. The van der Waals surface area contributed by atoms with E-state index in [-0.39, 0.29) is 108 Å². The molecule has 1 aromatic carbocycles. The second kappa shape index (κ2) is 44.3. The second-order valence-corrected chi connectivity index (χ2v) is 23.1. The maximum atomic E-state index is 13.4. The fourth-order valence-corrected chi connectivity index (χ4v) is 9.92. The van der Waals surface area contributed by atoms with Gasteiger partial charge in [0, 0.05) is 65.4 Å². The fraction of sp³-hybridized carbons (Fsp3) is 0.793. The minimum absolute atomic E-state index is 0.00304. The van der Waals surface area contributed by atoms with Crippen LogP contribution in [0.25, 0.3) is 0 Å². The van der Waals surface area contributed by atoms with E-state index in [1.165, 1.54) is 6.07 Å². The van der Waals surface area contributed by atoms with E-state index in [1.54, 1.807) is 0 Å². The van der Waals surface area contributed by atoms with Gasteiger partial charge < -0.3 is 40.1 Å². The number of nitrogens with zero attached hydrogens (tertiary/aromatic N) is 3. The average molecular weight is 1630 g/mol. The van der Waals surface area contributed by atoms with Crippen LogP contribution in [0.3, 0.4) is 0 Å². The number of aliphatic carboxylic acids is 5. The predicted molar refractivity (Wildman–Crippen MR) is 301 cm³/mol. The topological polar surface area (TPSA) is 223 Å². The number of rotatable bonds is 36. The summed E-state index contributed by atoms with van der Waals surface area (Å²) >= 11 is 0. The molecule has 0 radical (unpaired) electrons. The number of hydrogen-bond acceptors (Lipinski definition) is 9. The molecule has 0 spiro atoms. The maximum Gasteiger partial charge on any atom is 0.471 e. The van der Waals surface area contributed by atoms with E-state index in [2.05, 4.69) is 4.74 Å². The molecule has 0 fully saturated rings. The summed E-state index contributed by atoms with van der Waals surface area (Å²) in [6, 6.07) is 2.39. The maximum absolute atomic E-state index is 13.4. The molecule has 106 heavy (non-hydrogen) atoms. The molecule has 2 atom stereocenters. The van der Waals surface area contributed by atoms with Gasteiger partial charge in [-0.2, -0.15) is 145 Å². The number of hydrogen-bond donors (Lipinski definition) is 5. The lowest BCUT2D eigenvalue weighted by Crippen LogP contribution is -2.68. The number of carboxylic acids is 5. The number of ether oxygens (including phenoxy) is 1. The van der Waals surface area contributed by atoms with Gasteiger partial charge in [0.2, 0.25) is 0 Å². The van der Waals surface area contributed by atoms with Crippen molar-refractivity contribution in [3.63, 3.8) is 0 Å². The van der Waals surface area contributed by atoms with E-state index in [1.807, 2.05) is 0 Å². The molecular formula is C58H76F33N3O12. The quantitative estimate of drug-likeness (QED) is 0.0240. The predicted octanol–water partition coefficient (Wildman–Crippen LogP) is 19.4. The number of methoxy groups -OCH3 is 1. The molecule has 1 amide bonds. The summed E-state index contributed by atoms with van der Waals surface area (Å²) in [5, 5.41) is 41.7. The Morgan fingerprint density at radius 2 is 0.642 bits per heavy atom. The Bertz CT molecular complexity index is 2600. The standard InChI is InChI=1S/C16H18F6O2.C13H18F9NO2.C12H15F9O3.C9H14F3NO3.C8H11F6NO2/c17-15(18,19)14(16(20,21)22,12-8-4-3-5-9-12)11-7-2-1-6-10-13(23)24;1-23(2)8(6-4-3-5-7-9(24)25)10(11(14,15)16,12(17,18)19)13(20,21)22;1-24-7(5-3-2-4-6-8(22)23)9(10(13,14)15,11(16,17)18)12(19,20)21;1-13(8(16)9(10,11)12)6-4-2-3-5-7(14)15;9-7(10,11)15(8(12,13)14)5-3-1-2-4-6(16)17/h3-5,8-9H,1-2,6-7,10-11H2,(H,23,24);8H,3-7H2,1-2H3,(H,24,25);7H,2-6H2,1H3,(H,22,23);2-6H2,1H3,(H,14,15);1-5H2,(H,16,17). The van der Waals surface area contributed by atoms with Gasteiger partial charge in [0.1, 0.15) is 0 Å². The van der Waals surface area contributed by atoms with Gasteiger partial charge >= 0.3 is 104 Å². The van der Waals surface area contributed by atoms with E-state index in [0.29, 0.717) is 45.4 Å². The first-order valence-electron chi connectivity index (χ1n) is 30.6. The summed E-state index contributed by atoms with van der Waals surface area (Å²) in [7, 11) is 2.83. The van der Waals surface area contributed by atoms with Gasteiger partial charge in [-0.05, 0) is 83.9 Å². The van der Waals surface area contributed by atoms with Crippen molar-refractivity contribution in [1.29, 1.82) is 0 Å². The molecule has 0 aliphatic rings. The Balaban J connectivity index is -0.000000620. The van der Waals surface area contributed by atoms with Crippen molar-refractivity contribution in [2.45, 2.75) is 240 Å². The SMILES string of the molecule is CN(C)C(CCCCCC(=O)O)C(C(F)(F)F)(C(F)(F)F)C(F)(F)F.CN(CCCCCC(=O)O)C(=O)C(F)(F)F.COC(CCCCCC(=O)O)C(C(F)(F)F)(C(F)(F)F)C(F)(F)F.O=C(O)CCCCCCC(c1ccccc1)(C(F)(F)F)C(F)(F)F.O=C(O)CCCCCN(C(F)(F)F)C(F)(F)F. The molecule has 0 aliphatic carbocycles. The summed E-state index contributed by atoms with van der Waals surface area (Å²) in [6.07, 6.45) is -74.5. The van der Waals surface area contributed by atoms with Gasteiger partial charge in [-0.15, -0.1) is 4.90 Å². The Kier molecular flexibility index (Phi) is 44.3. The van der Waals surface area contributed by atoms with E-state index in [0.717, 1.165) is 31.3 Å². The summed E-state index contributed by atoms with van der Waals surface area (Å²) in [5.74, 6) is -7.44. The molecule has 0 saturated carbocycles. The lowest BCUT2D eigenvalue weighted by Gasteiger charge is -2.46. The highest BCUT2D eigenvalue weighted by atomic mass is 19.5. The normalized spacial score (nSPS) is 13.9. The van der Waals surface area contributed by atoms with Crippen molar-refractivity contribution in [1.82, 2.24) is 14.7 Å². The molecule has 15 nitrogen and oxygen atoms in total. The number of unbranched alkanes of at least 4 members (excludes halogenated alkanes) is 11. The van der Waals surface area contributed by atoms with E-state index in [4.69, 9.17) is 25.5 Å². The minimum Gasteiger partial charge on any atom is -0.481 e. The highest BCUT2D eigenvalue weighted by Crippen LogP contribution is 2.64. The third kappa shape index (κ3) is 34.9. The molecule has 48 heteroatoms. The zero-order chi connectivity index (χ0) is 84.6. The van der Waals surface area contributed by atoms with Gasteiger partial charge in [-0.25, -0.2) is 0 Å². The van der Waals surface area contributed by atoms with Crippen LogP contribution in [0, 0.1) is 10.8 Å². The largest absolute Gasteiger partial charge is 0.481 e. The summed E-state index contributed by atoms with van der Waals surface area (Å²) in [4.78, 5) is 61.0. The molecule has 1 rings (SSSR count). The number of carbonyl (C=O) groups excluding carboxylic acids is 1. The fourth-order valence-electron chi connectivity index (χ4n) is 9.92. The molecule has 0 aliphatic heterocycles. The summed E-state index contributed by atoms with van der Waals surface area (Å²) < 4.78 is 426. The van der Waals surface area contributed by atoms with Crippen molar-refractivity contribution >= 4 is 35.8 Å². The van der Waals surface area contributed by atoms with Crippen LogP contribution in [0.4, 0.5) is 145 Å². The van der Waals surface area contributed by atoms with Crippen LogP contribution in [0.15, 0.2) is 30.3 Å². The highest BCUT2D eigenvalue weighted by molar-refractivity contribution is 5.81.